The highest BCUT2D eigenvalue weighted by Crippen LogP contribution is 2.22. The lowest BCUT2D eigenvalue weighted by atomic mass is 10.1. The van der Waals surface area contributed by atoms with E-state index in [1.807, 2.05) is 24.4 Å². The summed E-state index contributed by atoms with van der Waals surface area (Å²) in [6, 6.07) is 14.3. The summed E-state index contributed by atoms with van der Waals surface area (Å²) in [6.07, 6.45) is 3.77. The van der Waals surface area contributed by atoms with E-state index in [1.54, 1.807) is 0 Å². The number of aryl methyl sites for hydroxylation is 2. The van der Waals surface area contributed by atoms with Crippen LogP contribution in [-0.2, 0) is 12.8 Å². The van der Waals surface area contributed by atoms with Gasteiger partial charge in [-0.05, 0) is 40.0 Å². The van der Waals surface area contributed by atoms with Crippen LogP contribution in [0.3, 0.4) is 0 Å². The van der Waals surface area contributed by atoms with Gasteiger partial charge in [0.1, 0.15) is 10.4 Å². The van der Waals surface area contributed by atoms with Gasteiger partial charge in [-0.2, -0.15) is 0 Å². The third kappa shape index (κ3) is 2.67. The molecule has 1 aromatic carbocycles. The van der Waals surface area contributed by atoms with Gasteiger partial charge >= 0.3 is 0 Å². The predicted octanol–water partition coefficient (Wildman–Crippen LogP) is 4.54. The van der Waals surface area contributed by atoms with Crippen LogP contribution in [0.1, 0.15) is 11.4 Å². The third-order valence-electron chi connectivity index (χ3n) is 3.11. The molecule has 2 nitrogen and oxygen atoms in total. The van der Waals surface area contributed by atoms with Crippen LogP contribution in [0, 0.1) is 0 Å². The van der Waals surface area contributed by atoms with Crippen molar-refractivity contribution in [3.8, 4) is 0 Å². The van der Waals surface area contributed by atoms with Gasteiger partial charge in [0.15, 0.2) is 0 Å². The van der Waals surface area contributed by atoms with E-state index in [1.165, 1.54) is 5.56 Å². The molecular formula is C15H12BrClN2. The largest absolute Gasteiger partial charge is 0.301 e. The topological polar surface area (TPSA) is 17.3 Å². The first-order chi connectivity index (χ1) is 9.24. The van der Waals surface area contributed by atoms with E-state index >= 15 is 0 Å². The molecule has 0 atom stereocenters. The number of pyridine rings is 1. The van der Waals surface area contributed by atoms with Crippen LogP contribution < -0.4 is 0 Å². The van der Waals surface area contributed by atoms with E-state index in [0.29, 0.717) is 0 Å². The van der Waals surface area contributed by atoms with Crippen molar-refractivity contribution in [3.63, 3.8) is 0 Å². The fourth-order valence-electron chi connectivity index (χ4n) is 2.16. The number of imidazole rings is 1. The van der Waals surface area contributed by atoms with Crippen LogP contribution in [0.2, 0.25) is 5.02 Å². The summed E-state index contributed by atoms with van der Waals surface area (Å²) >= 11 is 9.55. The van der Waals surface area contributed by atoms with Gasteiger partial charge in [-0.25, -0.2) is 4.98 Å². The molecule has 19 heavy (non-hydrogen) atoms. The first-order valence-corrected chi connectivity index (χ1v) is 7.27. The van der Waals surface area contributed by atoms with E-state index in [9.17, 15) is 0 Å². The Morgan fingerprint density at radius 2 is 1.84 bits per heavy atom. The lowest BCUT2D eigenvalue weighted by Gasteiger charge is -2.02. The summed E-state index contributed by atoms with van der Waals surface area (Å²) in [5.41, 5.74) is 2.37. The highest BCUT2D eigenvalue weighted by atomic mass is 79.9. The molecular weight excluding hydrogens is 324 g/mol. The minimum atomic E-state index is 0.721. The van der Waals surface area contributed by atoms with Crippen molar-refractivity contribution in [2.75, 3.05) is 0 Å². The quantitative estimate of drug-likeness (QED) is 0.687. The summed E-state index contributed by atoms with van der Waals surface area (Å²) in [6.45, 7) is 0. The van der Waals surface area contributed by atoms with Crippen molar-refractivity contribution in [2.45, 2.75) is 12.8 Å². The van der Waals surface area contributed by atoms with E-state index in [-0.39, 0.29) is 0 Å². The molecule has 0 unspecified atom stereocenters. The summed E-state index contributed by atoms with van der Waals surface area (Å²) < 4.78 is 2.92. The summed E-state index contributed by atoms with van der Waals surface area (Å²) in [5.74, 6) is 1.02. The molecule has 2 heterocycles. The molecule has 0 bridgehead atoms. The van der Waals surface area contributed by atoms with Gasteiger partial charge in [-0.3, -0.25) is 0 Å². The number of nitrogens with zero attached hydrogens (tertiary/aromatic N) is 2. The maximum atomic E-state index is 6.05. The average molecular weight is 336 g/mol. The zero-order chi connectivity index (χ0) is 13.2. The molecule has 0 saturated heterocycles. The van der Waals surface area contributed by atoms with Gasteiger partial charge in [0.05, 0.1) is 10.5 Å². The van der Waals surface area contributed by atoms with Crippen LogP contribution in [0.15, 0.2) is 53.3 Å². The zero-order valence-electron chi connectivity index (χ0n) is 10.2. The second kappa shape index (κ2) is 5.35. The van der Waals surface area contributed by atoms with Gasteiger partial charge in [0.2, 0.25) is 0 Å². The number of fused-ring (bicyclic) bond motifs is 1. The SMILES string of the molecule is Clc1ccc2c(Br)nc(CCc3ccccc3)n2c1. The standard InChI is InChI=1S/C15H12BrClN2/c16-15-13-8-7-12(17)10-19(13)14(18-15)9-6-11-4-2-1-3-5-11/h1-5,7-8,10H,6,9H2. The fraction of sp³-hybridized carbons (Fsp3) is 0.133. The molecule has 0 aliphatic heterocycles. The molecule has 0 spiro atoms. The molecule has 0 amide bonds. The van der Waals surface area contributed by atoms with E-state index in [0.717, 1.165) is 33.8 Å². The second-order valence-corrected chi connectivity index (χ2v) is 5.59. The number of halogens is 2. The maximum Gasteiger partial charge on any atom is 0.132 e. The van der Waals surface area contributed by atoms with Crippen LogP contribution in [0.25, 0.3) is 5.52 Å². The van der Waals surface area contributed by atoms with Crippen molar-refractivity contribution < 1.29 is 0 Å². The molecule has 3 aromatic rings. The number of hydrogen-bond donors (Lipinski definition) is 0. The van der Waals surface area contributed by atoms with Crippen molar-refractivity contribution in [1.82, 2.24) is 9.38 Å². The first kappa shape index (κ1) is 12.7. The number of aromatic nitrogens is 2. The monoisotopic (exact) mass is 334 g/mol. The minimum absolute atomic E-state index is 0.721. The van der Waals surface area contributed by atoms with Crippen LogP contribution >= 0.6 is 27.5 Å². The van der Waals surface area contributed by atoms with Crippen LogP contribution in [0.4, 0.5) is 0 Å². The molecule has 96 valence electrons. The smallest absolute Gasteiger partial charge is 0.132 e. The minimum Gasteiger partial charge on any atom is -0.301 e. The molecule has 0 aliphatic rings. The molecule has 4 heteroatoms. The van der Waals surface area contributed by atoms with Crippen molar-refractivity contribution in [1.29, 1.82) is 0 Å². The highest BCUT2D eigenvalue weighted by molar-refractivity contribution is 9.10. The highest BCUT2D eigenvalue weighted by Gasteiger charge is 2.09. The molecule has 2 aromatic heterocycles. The Hall–Kier alpha value is -1.32. The molecule has 0 radical (unpaired) electrons. The molecule has 0 saturated carbocycles. The summed E-state index contributed by atoms with van der Waals surface area (Å²) in [5, 5.41) is 0.721. The van der Waals surface area contributed by atoms with Crippen molar-refractivity contribution in [2.24, 2.45) is 0 Å². The molecule has 3 rings (SSSR count). The Balaban J connectivity index is 1.91. The Labute approximate surface area is 125 Å². The fourth-order valence-corrected chi connectivity index (χ4v) is 2.85. The van der Waals surface area contributed by atoms with Gasteiger partial charge in [0, 0.05) is 12.6 Å². The lowest BCUT2D eigenvalue weighted by molar-refractivity contribution is 0.852. The molecule has 0 N–H and O–H groups in total. The second-order valence-electron chi connectivity index (χ2n) is 4.41. The number of benzene rings is 1. The number of rotatable bonds is 3. The van der Waals surface area contributed by atoms with Gasteiger partial charge in [-0.1, -0.05) is 41.9 Å². The first-order valence-electron chi connectivity index (χ1n) is 6.10. The summed E-state index contributed by atoms with van der Waals surface area (Å²) in [4.78, 5) is 4.57. The third-order valence-corrected chi connectivity index (χ3v) is 3.92. The van der Waals surface area contributed by atoms with Crippen molar-refractivity contribution in [3.05, 3.63) is 69.7 Å². The Morgan fingerprint density at radius 1 is 1.05 bits per heavy atom. The molecule has 0 fully saturated rings. The van der Waals surface area contributed by atoms with Gasteiger partial charge < -0.3 is 4.40 Å². The van der Waals surface area contributed by atoms with E-state index in [2.05, 4.69) is 49.6 Å². The van der Waals surface area contributed by atoms with Gasteiger partial charge in [-0.15, -0.1) is 0 Å². The van der Waals surface area contributed by atoms with Crippen molar-refractivity contribution >= 4 is 33.0 Å². The molecule has 0 aliphatic carbocycles. The maximum absolute atomic E-state index is 6.05. The summed E-state index contributed by atoms with van der Waals surface area (Å²) in [7, 11) is 0. The average Bonchev–Trinajstić information content (AvgIpc) is 2.74. The Morgan fingerprint density at radius 3 is 2.63 bits per heavy atom. The van der Waals surface area contributed by atoms with E-state index in [4.69, 9.17) is 11.6 Å². The zero-order valence-corrected chi connectivity index (χ0v) is 12.5. The predicted molar refractivity (Wildman–Crippen MR) is 81.8 cm³/mol. The Kier molecular flexibility index (Phi) is 3.58. The normalized spacial score (nSPS) is 11.1. The van der Waals surface area contributed by atoms with Crippen LogP contribution in [0.5, 0.6) is 0 Å². The van der Waals surface area contributed by atoms with E-state index < -0.39 is 0 Å². The van der Waals surface area contributed by atoms with Gasteiger partial charge in [0.25, 0.3) is 0 Å². The van der Waals surface area contributed by atoms with Crippen LogP contribution in [-0.4, -0.2) is 9.38 Å². The number of hydrogen-bond acceptors (Lipinski definition) is 1. The lowest BCUT2D eigenvalue weighted by Crippen LogP contribution is -1.97. The Bertz CT molecular complexity index is 707.